The molecule has 0 aliphatic heterocycles. The third-order valence-corrected chi connectivity index (χ3v) is 6.56. The molecule has 2 amide bonds. The molecule has 1 aromatic carbocycles. The van der Waals surface area contributed by atoms with E-state index in [0.29, 0.717) is 27.9 Å². The maximum Gasteiger partial charge on any atom is 0.252 e. The van der Waals surface area contributed by atoms with Crippen LogP contribution in [-0.4, -0.2) is 44.2 Å². The highest BCUT2D eigenvalue weighted by atomic mass is 32.1. The molecular formula is C23H31N3O5S. The maximum atomic E-state index is 13.0. The van der Waals surface area contributed by atoms with Crippen molar-refractivity contribution < 1.29 is 23.8 Å². The molecular weight excluding hydrogens is 430 g/mol. The number of methoxy groups -OCH3 is 3. The van der Waals surface area contributed by atoms with E-state index in [-0.39, 0.29) is 11.8 Å². The molecule has 0 saturated heterocycles. The Morgan fingerprint density at radius 3 is 2.25 bits per heavy atom. The molecule has 1 atom stereocenters. The summed E-state index contributed by atoms with van der Waals surface area (Å²) in [5, 5.41) is 6.34. The van der Waals surface area contributed by atoms with Crippen LogP contribution in [0.1, 0.15) is 54.0 Å². The molecule has 1 aromatic heterocycles. The van der Waals surface area contributed by atoms with Crippen LogP contribution < -0.4 is 24.8 Å². The van der Waals surface area contributed by atoms with Gasteiger partial charge in [-0.25, -0.2) is 4.98 Å². The zero-order valence-electron chi connectivity index (χ0n) is 19.2. The van der Waals surface area contributed by atoms with E-state index in [0.717, 1.165) is 31.4 Å². The van der Waals surface area contributed by atoms with E-state index in [1.807, 2.05) is 13.8 Å². The molecule has 0 spiro atoms. The van der Waals surface area contributed by atoms with Gasteiger partial charge in [0.2, 0.25) is 11.7 Å². The van der Waals surface area contributed by atoms with Gasteiger partial charge in [0, 0.05) is 10.4 Å². The maximum absolute atomic E-state index is 13.0. The van der Waals surface area contributed by atoms with Crippen molar-refractivity contribution in [1.29, 1.82) is 0 Å². The van der Waals surface area contributed by atoms with E-state index >= 15 is 0 Å². The normalized spacial score (nSPS) is 14.2. The van der Waals surface area contributed by atoms with E-state index < -0.39 is 11.9 Å². The number of aromatic nitrogens is 1. The third kappa shape index (κ3) is 5.32. The number of hydrogen-bond acceptors (Lipinski definition) is 7. The van der Waals surface area contributed by atoms with E-state index in [9.17, 15) is 9.59 Å². The third-order valence-electron chi connectivity index (χ3n) is 5.49. The number of carbonyl (C=O) groups excluding carboxylic acids is 2. The van der Waals surface area contributed by atoms with Gasteiger partial charge in [-0.3, -0.25) is 9.59 Å². The molecule has 0 radical (unpaired) electrons. The fraction of sp³-hybridized carbons (Fsp3) is 0.522. The number of anilines is 1. The van der Waals surface area contributed by atoms with Gasteiger partial charge >= 0.3 is 0 Å². The summed E-state index contributed by atoms with van der Waals surface area (Å²) in [6, 6.07) is 2.39. The fourth-order valence-electron chi connectivity index (χ4n) is 3.74. The number of rotatable bonds is 8. The zero-order chi connectivity index (χ0) is 23.3. The Balaban J connectivity index is 1.76. The molecule has 1 aliphatic rings. The molecule has 9 heteroatoms. The Labute approximate surface area is 192 Å². The molecule has 3 rings (SSSR count). The first-order chi connectivity index (χ1) is 15.4. The lowest BCUT2D eigenvalue weighted by Gasteiger charge is -2.21. The Bertz CT molecular complexity index is 924. The standard InChI is InChI=1S/C23H31N3O5S/c1-13(2)19(22(28)26-23-24-15-9-7-6-8-10-18(15)32-23)25-21(27)14-11-16(29-3)20(31-5)17(12-14)30-4/h11-13,19H,6-10H2,1-5H3,(H,25,27)(H,24,26,28). The van der Waals surface area contributed by atoms with Crippen LogP contribution in [0.4, 0.5) is 5.13 Å². The zero-order valence-corrected chi connectivity index (χ0v) is 20.1. The minimum Gasteiger partial charge on any atom is -0.493 e. The van der Waals surface area contributed by atoms with Crippen LogP contribution in [0.2, 0.25) is 0 Å². The summed E-state index contributed by atoms with van der Waals surface area (Å²) in [4.78, 5) is 31.9. The smallest absolute Gasteiger partial charge is 0.252 e. The van der Waals surface area contributed by atoms with Gasteiger partial charge in [-0.1, -0.05) is 20.3 Å². The van der Waals surface area contributed by atoms with Crippen LogP contribution in [-0.2, 0) is 17.6 Å². The summed E-state index contributed by atoms with van der Waals surface area (Å²) in [6.07, 6.45) is 5.46. The van der Waals surface area contributed by atoms with E-state index in [1.165, 1.54) is 44.0 Å². The van der Waals surface area contributed by atoms with Crippen LogP contribution in [0.3, 0.4) is 0 Å². The average Bonchev–Trinajstić information content (AvgIpc) is 3.03. The molecule has 1 unspecified atom stereocenters. The highest BCUT2D eigenvalue weighted by Crippen LogP contribution is 2.38. The summed E-state index contributed by atoms with van der Waals surface area (Å²) < 4.78 is 16.0. The van der Waals surface area contributed by atoms with Crippen molar-refractivity contribution in [2.24, 2.45) is 5.92 Å². The minimum atomic E-state index is -0.731. The van der Waals surface area contributed by atoms with Gasteiger partial charge in [-0.15, -0.1) is 11.3 Å². The van der Waals surface area contributed by atoms with Crippen molar-refractivity contribution in [3.63, 3.8) is 0 Å². The summed E-state index contributed by atoms with van der Waals surface area (Å²) in [5.41, 5.74) is 1.39. The van der Waals surface area contributed by atoms with Crippen LogP contribution in [0.25, 0.3) is 0 Å². The monoisotopic (exact) mass is 461 g/mol. The minimum absolute atomic E-state index is 0.126. The van der Waals surface area contributed by atoms with Crippen molar-refractivity contribution in [2.45, 2.75) is 52.0 Å². The summed E-state index contributed by atoms with van der Waals surface area (Å²) in [5.74, 6) is 0.309. The first kappa shape index (κ1) is 23.8. The molecule has 32 heavy (non-hydrogen) atoms. The van der Waals surface area contributed by atoms with E-state index in [4.69, 9.17) is 14.2 Å². The lowest BCUT2D eigenvalue weighted by atomic mass is 10.0. The largest absolute Gasteiger partial charge is 0.493 e. The van der Waals surface area contributed by atoms with Crippen molar-refractivity contribution in [1.82, 2.24) is 10.3 Å². The highest BCUT2D eigenvalue weighted by molar-refractivity contribution is 7.15. The SMILES string of the molecule is COc1cc(C(=O)NC(C(=O)Nc2nc3c(s2)CCCCC3)C(C)C)cc(OC)c1OC. The van der Waals surface area contributed by atoms with Crippen molar-refractivity contribution in [2.75, 3.05) is 26.6 Å². The number of amides is 2. The molecule has 0 bridgehead atoms. The number of thiazole rings is 1. The van der Waals surface area contributed by atoms with Crippen LogP contribution in [0.5, 0.6) is 17.2 Å². The Morgan fingerprint density at radius 1 is 1.00 bits per heavy atom. The predicted octanol–water partition coefficient (Wildman–Crippen LogP) is 3.83. The quantitative estimate of drug-likeness (QED) is 0.580. The van der Waals surface area contributed by atoms with E-state index in [2.05, 4.69) is 15.6 Å². The van der Waals surface area contributed by atoms with Crippen LogP contribution >= 0.6 is 11.3 Å². The molecule has 0 saturated carbocycles. The molecule has 2 N–H and O–H groups in total. The number of carbonyl (C=O) groups is 2. The van der Waals surface area contributed by atoms with E-state index in [1.54, 1.807) is 12.1 Å². The van der Waals surface area contributed by atoms with Crippen LogP contribution in [0, 0.1) is 5.92 Å². The molecule has 2 aromatic rings. The van der Waals surface area contributed by atoms with Crippen LogP contribution in [0.15, 0.2) is 12.1 Å². The van der Waals surface area contributed by atoms with Gasteiger partial charge < -0.3 is 24.8 Å². The number of aryl methyl sites for hydroxylation is 2. The first-order valence-electron chi connectivity index (χ1n) is 10.8. The van der Waals surface area contributed by atoms with Gasteiger partial charge in [-0.05, 0) is 43.7 Å². The second kappa shape index (κ2) is 10.7. The van der Waals surface area contributed by atoms with Crippen molar-refractivity contribution >= 4 is 28.3 Å². The number of benzene rings is 1. The van der Waals surface area contributed by atoms with Crippen molar-refractivity contribution in [3.8, 4) is 17.2 Å². The van der Waals surface area contributed by atoms with Gasteiger partial charge in [0.25, 0.3) is 5.91 Å². The Hall–Kier alpha value is -2.81. The average molecular weight is 462 g/mol. The van der Waals surface area contributed by atoms with Gasteiger partial charge in [0.05, 0.1) is 27.0 Å². The second-order valence-electron chi connectivity index (χ2n) is 8.05. The molecule has 174 valence electrons. The first-order valence-corrected chi connectivity index (χ1v) is 11.6. The molecule has 8 nitrogen and oxygen atoms in total. The summed E-state index contributed by atoms with van der Waals surface area (Å²) in [6.45, 7) is 3.77. The van der Waals surface area contributed by atoms with Gasteiger partial charge in [-0.2, -0.15) is 0 Å². The summed E-state index contributed by atoms with van der Waals surface area (Å²) in [7, 11) is 4.47. The number of hydrogen-bond donors (Lipinski definition) is 2. The predicted molar refractivity (Wildman–Crippen MR) is 124 cm³/mol. The number of ether oxygens (including phenoxy) is 3. The van der Waals surface area contributed by atoms with Crippen molar-refractivity contribution in [3.05, 3.63) is 28.3 Å². The second-order valence-corrected chi connectivity index (χ2v) is 9.13. The summed E-state index contributed by atoms with van der Waals surface area (Å²) >= 11 is 1.53. The lowest BCUT2D eigenvalue weighted by Crippen LogP contribution is -2.47. The van der Waals surface area contributed by atoms with Gasteiger partial charge in [0.1, 0.15) is 6.04 Å². The topological polar surface area (TPSA) is 98.8 Å². The Morgan fingerprint density at radius 2 is 1.66 bits per heavy atom. The fourth-order valence-corrected chi connectivity index (χ4v) is 4.79. The number of fused-ring (bicyclic) bond motifs is 1. The molecule has 1 heterocycles. The lowest BCUT2D eigenvalue weighted by molar-refractivity contribution is -0.118. The molecule has 1 aliphatic carbocycles. The molecule has 0 fully saturated rings. The van der Waals surface area contributed by atoms with Gasteiger partial charge in [0.15, 0.2) is 16.6 Å². The number of nitrogens with zero attached hydrogens (tertiary/aromatic N) is 1. The Kier molecular flexibility index (Phi) is 7.95. The highest BCUT2D eigenvalue weighted by Gasteiger charge is 2.27. The number of nitrogens with one attached hydrogen (secondary N) is 2.